The van der Waals surface area contributed by atoms with E-state index in [4.69, 9.17) is 16.7 Å². The van der Waals surface area contributed by atoms with Gasteiger partial charge in [0.05, 0.1) is 10.6 Å². The van der Waals surface area contributed by atoms with Crippen molar-refractivity contribution in [3.8, 4) is 0 Å². The molecule has 108 valence electrons. The fraction of sp³-hybridized carbons (Fsp3) is 0.0667. The van der Waals surface area contributed by atoms with Crippen LogP contribution in [-0.2, 0) is 6.54 Å². The number of carbonyl (C=O) groups excluding carboxylic acids is 1. The smallest absolute Gasteiger partial charge is 0.335 e. The van der Waals surface area contributed by atoms with Crippen LogP contribution in [-0.4, -0.2) is 17.0 Å². The molecule has 0 saturated carbocycles. The van der Waals surface area contributed by atoms with Crippen LogP contribution in [0.15, 0.2) is 42.5 Å². The van der Waals surface area contributed by atoms with Crippen LogP contribution in [0.4, 0.5) is 4.39 Å². The Morgan fingerprint density at radius 1 is 1.10 bits per heavy atom. The molecule has 0 aromatic heterocycles. The molecule has 2 aromatic carbocycles. The summed E-state index contributed by atoms with van der Waals surface area (Å²) in [5.41, 5.74) is 1.08. The minimum absolute atomic E-state index is 0.0455. The van der Waals surface area contributed by atoms with Crippen LogP contribution in [0.3, 0.4) is 0 Å². The number of hydrogen-bond acceptors (Lipinski definition) is 2. The summed E-state index contributed by atoms with van der Waals surface area (Å²) in [6, 6.07) is 9.91. The van der Waals surface area contributed by atoms with Crippen LogP contribution in [0.1, 0.15) is 26.3 Å². The Hall–Kier alpha value is -2.40. The lowest BCUT2D eigenvalue weighted by Gasteiger charge is -2.06. The highest BCUT2D eigenvalue weighted by Crippen LogP contribution is 2.15. The van der Waals surface area contributed by atoms with E-state index in [1.807, 2.05) is 0 Å². The Morgan fingerprint density at radius 3 is 2.29 bits per heavy atom. The molecular weight excluding hydrogens is 297 g/mol. The minimum atomic E-state index is -1.01. The first kappa shape index (κ1) is 15.0. The zero-order chi connectivity index (χ0) is 15.4. The molecule has 0 spiro atoms. The lowest BCUT2D eigenvalue weighted by atomic mass is 10.1. The van der Waals surface area contributed by atoms with Crippen molar-refractivity contribution < 1.29 is 19.1 Å². The Balaban J connectivity index is 2.00. The van der Waals surface area contributed by atoms with Gasteiger partial charge in [-0.15, -0.1) is 0 Å². The molecule has 0 bridgehead atoms. The van der Waals surface area contributed by atoms with Crippen LogP contribution >= 0.6 is 11.6 Å². The van der Waals surface area contributed by atoms with Crippen LogP contribution in [0.2, 0.25) is 5.02 Å². The zero-order valence-corrected chi connectivity index (χ0v) is 11.5. The molecule has 4 nitrogen and oxygen atoms in total. The summed E-state index contributed by atoms with van der Waals surface area (Å²) >= 11 is 5.54. The molecule has 2 aromatic rings. The van der Waals surface area contributed by atoms with Gasteiger partial charge in [-0.1, -0.05) is 23.7 Å². The maximum Gasteiger partial charge on any atom is 0.335 e. The van der Waals surface area contributed by atoms with Gasteiger partial charge in [-0.25, -0.2) is 9.18 Å². The maximum atomic E-state index is 13.3. The van der Waals surface area contributed by atoms with E-state index >= 15 is 0 Å². The Morgan fingerprint density at radius 2 is 1.71 bits per heavy atom. The zero-order valence-electron chi connectivity index (χ0n) is 10.8. The van der Waals surface area contributed by atoms with Gasteiger partial charge in [0.2, 0.25) is 0 Å². The predicted molar refractivity (Wildman–Crippen MR) is 76.0 cm³/mol. The normalized spacial score (nSPS) is 10.2. The van der Waals surface area contributed by atoms with Crippen molar-refractivity contribution in [1.29, 1.82) is 0 Å². The number of carboxylic acid groups (broad SMARTS) is 1. The monoisotopic (exact) mass is 307 g/mol. The average Bonchev–Trinajstić information content (AvgIpc) is 2.48. The van der Waals surface area contributed by atoms with Crippen LogP contribution in [0, 0.1) is 5.82 Å². The van der Waals surface area contributed by atoms with E-state index in [1.54, 1.807) is 12.1 Å². The third-order valence-electron chi connectivity index (χ3n) is 2.84. The van der Waals surface area contributed by atoms with E-state index in [-0.39, 0.29) is 22.7 Å². The van der Waals surface area contributed by atoms with Gasteiger partial charge in [0.1, 0.15) is 5.82 Å². The minimum Gasteiger partial charge on any atom is -0.478 e. The molecule has 0 atom stereocenters. The number of aromatic carboxylic acids is 1. The number of amides is 1. The van der Waals surface area contributed by atoms with Crippen molar-refractivity contribution in [2.24, 2.45) is 0 Å². The Bertz CT molecular complexity index is 686. The SMILES string of the molecule is O=C(O)c1ccc(CNC(=O)c2ccc(Cl)c(F)c2)cc1. The first-order valence-corrected chi connectivity index (χ1v) is 6.40. The summed E-state index contributed by atoms with van der Waals surface area (Å²) in [5.74, 6) is -2.11. The van der Waals surface area contributed by atoms with Crippen molar-refractivity contribution in [3.05, 3.63) is 70.0 Å². The van der Waals surface area contributed by atoms with Crippen LogP contribution in [0.5, 0.6) is 0 Å². The third-order valence-corrected chi connectivity index (χ3v) is 3.14. The van der Waals surface area contributed by atoms with Gasteiger partial charge in [-0.05, 0) is 35.9 Å². The number of hydrogen-bond donors (Lipinski definition) is 2. The number of nitrogens with one attached hydrogen (secondary N) is 1. The van der Waals surface area contributed by atoms with Gasteiger partial charge in [0, 0.05) is 12.1 Å². The first-order valence-electron chi connectivity index (χ1n) is 6.03. The summed E-state index contributed by atoms with van der Waals surface area (Å²) in [7, 11) is 0. The molecule has 1 amide bonds. The summed E-state index contributed by atoms with van der Waals surface area (Å²) in [6.07, 6.45) is 0. The molecule has 0 aliphatic carbocycles. The molecule has 2 N–H and O–H groups in total. The van der Waals surface area contributed by atoms with Crippen molar-refractivity contribution in [1.82, 2.24) is 5.32 Å². The molecule has 21 heavy (non-hydrogen) atoms. The third kappa shape index (κ3) is 3.79. The highest BCUT2D eigenvalue weighted by Gasteiger charge is 2.09. The second-order valence-corrected chi connectivity index (χ2v) is 4.72. The van der Waals surface area contributed by atoms with E-state index in [2.05, 4.69) is 5.32 Å². The van der Waals surface area contributed by atoms with Gasteiger partial charge in [0.15, 0.2) is 0 Å². The summed E-state index contributed by atoms with van der Waals surface area (Å²) in [6.45, 7) is 0.211. The summed E-state index contributed by atoms with van der Waals surface area (Å²) < 4.78 is 13.3. The van der Waals surface area contributed by atoms with E-state index in [1.165, 1.54) is 24.3 Å². The molecule has 0 saturated heterocycles. The largest absolute Gasteiger partial charge is 0.478 e. The molecule has 6 heteroatoms. The van der Waals surface area contributed by atoms with E-state index in [0.29, 0.717) is 0 Å². The van der Waals surface area contributed by atoms with Crippen molar-refractivity contribution in [2.45, 2.75) is 6.54 Å². The standard InChI is InChI=1S/C15H11ClFNO3/c16-12-6-5-11(7-13(12)17)14(19)18-8-9-1-3-10(4-2-9)15(20)21/h1-7H,8H2,(H,18,19)(H,20,21). The molecule has 2 rings (SSSR count). The van der Waals surface area contributed by atoms with Crippen molar-refractivity contribution in [2.75, 3.05) is 0 Å². The number of halogens is 2. The highest BCUT2D eigenvalue weighted by molar-refractivity contribution is 6.30. The summed E-state index contributed by atoms with van der Waals surface area (Å²) in [4.78, 5) is 22.5. The van der Waals surface area contributed by atoms with Crippen LogP contribution in [0.25, 0.3) is 0 Å². The Kier molecular flexibility index (Phi) is 4.55. The van der Waals surface area contributed by atoms with Gasteiger partial charge in [-0.2, -0.15) is 0 Å². The number of carboxylic acids is 1. The second kappa shape index (κ2) is 6.37. The molecule has 0 unspecified atom stereocenters. The fourth-order valence-corrected chi connectivity index (χ4v) is 1.80. The Labute approximate surface area is 125 Å². The van der Waals surface area contributed by atoms with Crippen molar-refractivity contribution in [3.63, 3.8) is 0 Å². The number of benzene rings is 2. The van der Waals surface area contributed by atoms with E-state index in [0.717, 1.165) is 11.6 Å². The first-order chi connectivity index (χ1) is 9.97. The quantitative estimate of drug-likeness (QED) is 0.912. The number of carbonyl (C=O) groups is 2. The molecular formula is C15H11ClFNO3. The molecule has 0 aliphatic rings. The van der Waals surface area contributed by atoms with Gasteiger partial charge in [-0.3, -0.25) is 4.79 Å². The summed E-state index contributed by atoms with van der Waals surface area (Å²) in [5, 5.41) is 11.3. The van der Waals surface area contributed by atoms with Gasteiger partial charge < -0.3 is 10.4 Å². The van der Waals surface area contributed by atoms with Gasteiger partial charge >= 0.3 is 5.97 Å². The lowest BCUT2D eigenvalue weighted by Crippen LogP contribution is -2.22. The average molecular weight is 308 g/mol. The molecule has 0 aliphatic heterocycles. The molecule has 0 heterocycles. The molecule has 0 radical (unpaired) electrons. The van der Waals surface area contributed by atoms with Crippen LogP contribution < -0.4 is 5.32 Å². The lowest BCUT2D eigenvalue weighted by molar-refractivity contribution is 0.0696. The number of rotatable bonds is 4. The predicted octanol–water partition coefficient (Wildman–Crippen LogP) is 3.11. The molecule has 0 fully saturated rings. The van der Waals surface area contributed by atoms with E-state index < -0.39 is 17.7 Å². The topological polar surface area (TPSA) is 66.4 Å². The van der Waals surface area contributed by atoms with E-state index in [9.17, 15) is 14.0 Å². The fourth-order valence-electron chi connectivity index (χ4n) is 1.69. The van der Waals surface area contributed by atoms with Gasteiger partial charge in [0.25, 0.3) is 5.91 Å². The van der Waals surface area contributed by atoms with Crippen molar-refractivity contribution >= 4 is 23.5 Å². The second-order valence-electron chi connectivity index (χ2n) is 4.31. The maximum absolute atomic E-state index is 13.3. The highest BCUT2D eigenvalue weighted by atomic mass is 35.5.